The lowest BCUT2D eigenvalue weighted by Gasteiger charge is -1.96. The number of halogens is 2. The van der Waals surface area contributed by atoms with Gasteiger partial charge in [0.15, 0.2) is 6.29 Å². The van der Waals surface area contributed by atoms with Crippen LogP contribution in [0.4, 0.5) is 0 Å². The van der Waals surface area contributed by atoms with Crippen LogP contribution in [0.5, 0.6) is 0 Å². The molecule has 2 aromatic rings. The van der Waals surface area contributed by atoms with Crippen molar-refractivity contribution in [2.45, 2.75) is 14.0 Å². The number of carbonyl (C=O) groups is 1. The Morgan fingerprint density at radius 1 is 1.10 bits per heavy atom. The van der Waals surface area contributed by atoms with Gasteiger partial charge in [0.05, 0.1) is 0 Å². The van der Waals surface area contributed by atoms with Crippen molar-refractivity contribution in [1.29, 1.82) is 0 Å². The minimum Gasteiger partial charge on any atom is -0.316 e. The first kappa shape index (κ1) is 18.5. The summed E-state index contributed by atoms with van der Waals surface area (Å²) in [6.07, 6.45) is 3.91. The number of nitrogens with zero attached hydrogens (tertiary/aromatic N) is 2. The summed E-state index contributed by atoms with van der Waals surface area (Å²) in [6.45, 7) is 0.837. The summed E-state index contributed by atoms with van der Waals surface area (Å²) in [6, 6.07) is 6.92. The van der Waals surface area contributed by atoms with Crippen LogP contribution in [0.2, 0.25) is 10.3 Å². The molecule has 0 aliphatic rings. The highest BCUT2D eigenvalue weighted by Crippen LogP contribution is 2.04. The van der Waals surface area contributed by atoms with Crippen molar-refractivity contribution < 1.29 is 4.79 Å². The maximum absolute atomic E-state index is 10.0. The van der Waals surface area contributed by atoms with Crippen LogP contribution in [0.3, 0.4) is 0 Å². The normalized spacial score (nSPS) is 8.95. The molecule has 20 heavy (non-hydrogen) atoms. The Hall–Kier alpha value is -1.49. The van der Waals surface area contributed by atoms with Crippen LogP contribution < -0.4 is 5.32 Å². The highest BCUT2D eigenvalue weighted by Gasteiger charge is 1.90. The Morgan fingerprint density at radius 2 is 1.70 bits per heavy atom. The van der Waals surface area contributed by atoms with Gasteiger partial charge in [0.25, 0.3) is 0 Å². The number of hydrogen-bond donors (Lipinski definition) is 1. The van der Waals surface area contributed by atoms with Crippen LogP contribution in [0.1, 0.15) is 23.3 Å². The van der Waals surface area contributed by atoms with E-state index in [4.69, 9.17) is 23.2 Å². The monoisotopic (exact) mass is 313 g/mol. The Kier molecular flexibility index (Phi) is 9.55. The van der Waals surface area contributed by atoms with Gasteiger partial charge in [-0.1, -0.05) is 36.7 Å². The van der Waals surface area contributed by atoms with Crippen LogP contribution in [0.25, 0.3) is 0 Å². The topological polar surface area (TPSA) is 54.9 Å². The van der Waals surface area contributed by atoms with E-state index in [0.717, 1.165) is 18.4 Å². The fraction of sp³-hybridized carbons (Fsp3) is 0.214. The number of aromatic nitrogens is 2. The largest absolute Gasteiger partial charge is 0.316 e. The average Bonchev–Trinajstić information content (AvgIpc) is 2.43. The second kappa shape index (κ2) is 10.3. The molecular formula is C14H17Cl2N3O. The van der Waals surface area contributed by atoms with E-state index in [2.05, 4.69) is 15.3 Å². The smallest absolute Gasteiger partial charge is 0.151 e. The maximum Gasteiger partial charge on any atom is 0.151 e. The van der Waals surface area contributed by atoms with Crippen LogP contribution in [0.15, 0.2) is 36.7 Å². The van der Waals surface area contributed by atoms with Gasteiger partial charge in [0, 0.05) is 24.5 Å². The number of hydrogen-bond acceptors (Lipinski definition) is 4. The van der Waals surface area contributed by atoms with Crippen molar-refractivity contribution >= 4 is 29.5 Å². The Balaban J connectivity index is 0.000000345. The van der Waals surface area contributed by atoms with Gasteiger partial charge in [-0.25, -0.2) is 9.97 Å². The van der Waals surface area contributed by atoms with Gasteiger partial charge in [-0.2, -0.15) is 0 Å². The Bertz CT molecular complexity index is 501. The summed E-state index contributed by atoms with van der Waals surface area (Å²) in [5.41, 5.74) is 1.69. The molecule has 0 unspecified atom stereocenters. The number of aldehydes is 1. The minimum absolute atomic E-state index is 0. The first-order valence-corrected chi connectivity index (χ1v) is 6.23. The maximum atomic E-state index is 10.0. The SMILES string of the molecule is C.CNCc1ccc(Cl)nc1.O=Cc1ccc(Cl)nc1. The van der Waals surface area contributed by atoms with Crippen molar-refractivity contribution in [1.82, 2.24) is 15.3 Å². The summed E-state index contributed by atoms with van der Waals surface area (Å²) in [5.74, 6) is 0. The predicted octanol–water partition coefficient (Wildman–Crippen LogP) is 3.64. The zero-order valence-electron chi connectivity index (χ0n) is 10.3. The highest BCUT2D eigenvalue weighted by molar-refractivity contribution is 6.29. The Morgan fingerprint density at radius 3 is 2.10 bits per heavy atom. The van der Waals surface area contributed by atoms with E-state index in [1.165, 1.54) is 6.20 Å². The molecule has 6 heteroatoms. The molecule has 0 spiro atoms. The van der Waals surface area contributed by atoms with E-state index in [9.17, 15) is 4.79 Å². The van der Waals surface area contributed by atoms with Crippen molar-refractivity contribution in [3.8, 4) is 0 Å². The molecule has 108 valence electrons. The summed E-state index contributed by atoms with van der Waals surface area (Å²) in [5, 5.41) is 3.97. The lowest BCUT2D eigenvalue weighted by Crippen LogP contribution is -2.04. The third kappa shape index (κ3) is 7.19. The van der Waals surface area contributed by atoms with Crippen LogP contribution >= 0.6 is 23.2 Å². The van der Waals surface area contributed by atoms with Crippen LogP contribution in [-0.2, 0) is 6.54 Å². The number of pyridine rings is 2. The van der Waals surface area contributed by atoms with E-state index >= 15 is 0 Å². The molecule has 0 saturated carbocycles. The molecule has 4 nitrogen and oxygen atoms in total. The molecule has 2 heterocycles. The quantitative estimate of drug-likeness (QED) is 0.694. The first-order valence-electron chi connectivity index (χ1n) is 5.47. The third-order valence-corrected chi connectivity index (χ3v) is 2.50. The molecule has 0 saturated heterocycles. The van der Waals surface area contributed by atoms with E-state index in [1.807, 2.05) is 13.1 Å². The van der Waals surface area contributed by atoms with Gasteiger partial charge in [0.2, 0.25) is 0 Å². The molecule has 0 amide bonds. The van der Waals surface area contributed by atoms with Crippen molar-refractivity contribution in [2.75, 3.05) is 7.05 Å². The molecule has 0 atom stereocenters. The molecule has 0 bridgehead atoms. The summed E-state index contributed by atoms with van der Waals surface area (Å²) in [7, 11) is 1.90. The first-order chi connectivity index (χ1) is 9.15. The molecule has 2 aromatic heterocycles. The lowest BCUT2D eigenvalue weighted by molar-refractivity contribution is 0.112. The molecule has 1 N–H and O–H groups in total. The Labute approximate surface area is 129 Å². The fourth-order valence-electron chi connectivity index (χ4n) is 1.17. The van der Waals surface area contributed by atoms with E-state index in [0.29, 0.717) is 15.9 Å². The third-order valence-electron chi connectivity index (χ3n) is 2.06. The van der Waals surface area contributed by atoms with Crippen molar-refractivity contribution in [2.24, 2.45) is 0 Å². The minimum atomic E-state index is 0. The van der Waals surface area contributed by atoms with Gasteiger partial charge in [-0.3, -0.25) is 4.79 Å². The van der Waals surface area contributed by atoms with Gasteiger partial charge in [-0.15, -0.1) is 0 Å². The highest BCUT2D eigenvalue weighted by atomic mass is 35.5. The number of rotatable bonds is 3. The van der Waals surface area contributed by atoms with Gasteiger partial charge in [-0.05, 0) is 30.8 Å². The van der Waals surface area contributed by atoms with E-state index < -0.39 is 0 Å². The summed E-state index contributed by atoms with van der Waals surface area (Å²) < 4.78 is 0. The number of carbonyl (C=O) groups excluding carboxylic acids is 1. The number of nitrogens with one attached hydrogen (secondary N) is 1. The molecule has 0 fully saturated rings. The molecule has 0 aromatic carbocycles. The fourth-order valence-corrected chi connectivity index (χ4v) is 1.40. The van der Waals surface area contributed by atoms with Gasteiger partial charge >= 0.3 is 0 Å². The van der Waals surface area contributed by atoms with E-state index in [1.54, 1.807) is 24.4 Å². The van der Waals surface area contributed by atoms with E-state index in [-0.39, 0.29) is 7.43 Å². The molecule has 0 aliphatic heterocycles. The van der Waals surface area contributed by atoms with Crippen LogP contribution in [0, 0.1) is 0 Å². The molecule has 0 radical (unpaired) electrons. The van der Waals surface area contributed by atoms with Gasteiger partial charge < -0.3 is 5.32 Å². The average molecular weight is 314 g/mol. The lowest BCUT2D eigenvalue weighted by atomic mass is 10.3. The predicted molar refractivity (Wildman–Crippen MR) is 83.4 cm³/mol. The van der Waals surface area contributed by atoms with Crippen LogP contribution in [-0.4, -0.2) is 23.3 Å². The molecular weight excluding hydrogens is 297 g/mol. The second-order valence-electron chi connectivity index (χ2n) is 3.55. The van der Waals surface area contributed by atoms with Crippen molar-refractivity contribution in [3.63, 3.8) is 0 Å². The van der Waals surface area contributed by atoms with Crippen molar-refractivity contribution in [3.05, 3.63) is 58.1 Å². The standard InChI is InChI=1S/C7H9ClN2.C6H4ClNO.CH4/c1-9-4-6-2-3-7(8)10-5-6;7-6-2-1-5(4-9)3-8-6;/h2-3,5,9H,4H2,1H3;1-4H;1H4. The molecule has 0 aliphatic carbocycles. The zero-order valence-corrected chi connectivity index (χ0v) is 11.8. The zero-order chi connectivity index (χ0) is 14.1. The summed E-state index contributed by atoms with van der Waals surface area (Å²) in [4.78, 5) is 17.6. The molecule has 2 rings (SSSR count). The second-order valence-corrected chi connectivity index (χ2v) is 4.33. The summed E-state index contributed by atoms with van der Waals surface area (Å²) >= 11 is 11.0. The van der Waals surface area contributed by atoms with Gasteiger partial charge in [0.1, 0.15) is 10.3 Å².